The summed E-state index contributed by atoms with van der Waals surface area (Å²) >= 11 is 0. The molecule has 5 rings (SSSR count). The Hall–Kier alpha value is -2.17. The zero-order valence-corrected chi connectivity index (χ0v) is 17.9. The quantitative estimate of drug-likeness (QED) is 0.729. The lowest BCUT2D eigenvalue weighted by atomic mass is 9.85. The topological polar surface area (TPSA) is 41.3 Å². The Morgan fingerprint density at radius 2 is 1.90 bits per heavy atom. The highest BCUT2D eigenvalue weighted by molar-refractivity contribution is 5.86. The monoisotopic (exact) mass is 389 g/mol. The fourth-order valence-electron chi connectivity index (χ4n) is 5.74. The minimum Gasteiger partial charge on any atom is -0.383 e. The van der Waals surface area contributed by atoms with E-state index in [4.69, 9.17) is 0 Å². The molecule has 1 saturated carbocycles. The molecule has 1 aliphatic heterocycles. The molecule has 3 heterocycles. The van der Waals surface area contributed by atoms with Gasteiger partial charge >= 0.3 is 0 Å². The van der Waals surface area contributed by atoms with E-state index in [-0.39, 0.29) is 5.92 Å². The zero-order valence-electron chi connectivity index (χ0n) is 17.9. The van der Waals surface area contributed by atoms with Gasteiger partial charge in [0.2, 0.25) is 0 Å². The Labute approximate surface area is 173 Å². The Balaban J connectivity index is 1.42. The molecule has 29 heavy (non-hydrogen) atoms. The lowest BCUT2D eigenvalue weighted by Gasteiger charge is -2.30. The van der Waals surface area contributed by atoms with Gasteiger partial charge in [0.05, 0.1) is 5.69 Å². The molecule has 1 saturated heterocycles. The van der Waals surface area contributed by atoms with Gasteiger partial charge in [0, 0.05) is 55.4 Å². The van der Waals surface area contributed by atoms with Crippen LogP contribution in [0.2, 0.25) is 0 Å². The molecular weight excluding hydrogens is 358 g/mol. The average Bonchev–Trinajstić information content (AvgIpc) is 3.32. The summed E-state index contributed by atoms with van der Waals surface area (Å²) in [4.78, 5) is 7.15. The van der Waals surface area contributed by atoms with Crippen LogP contribution in [0.3, 0.4) is 0 Å². The molecule has 0 radical (unpaired) electrons. The van der Waals surface area contributed by atoms with Crippen molar-refractivity contribution in [3.63, 3.8) is 0 Å². The first kappa shape index (κ1) is 18.8. The van der Waals surface area contributed by atoms with Crippen LogP contribution in [0.1, 0.15) is 40.9 Å². The molecule has 4 heteroatoms. The molecule has 2 aromatic heterocycles. The lowest BCUT2D eigenvalue weighted by Crippen LogP contribution is -2.35. The highest BCUT2D eigenvalue weighted by Crippen LogP contribution is 2.50. The van der Waals surface area contributed by atoms with Gasteiger partial charge in [0.25, 0.3) is 0 Å². The Bertz CT molecular complexity index is 1070. The van der Waals surface area contributed by atoms with E-state index in [1.807, 2.05) is 19.2 Å². The van der Waals surface area contributed by atoms with E-state index in [0.29, 0.717) is 5.92 Å². The Kier molecular flexibility index (Phi) is 4.34. The predicted octanol–water partition coefficient (Wildman–Crippen LogP) is 4.23. The van der Waals surface area contributed by atoms with Crippen LogP contribution in [0.25, 0.3) is 10.9 Å². The van der Waals surface area contributed by atoms with Crippen LogP contribution in [0.4, 0.5) is 0 Å². The van der Waals surface area contributed by atoms with Gasteiger partial charge < -0.3 is 9.67 Å². The van der Waals surface area contributed by atoms with Gasteiger partial charge in [-0.15, -0.1) is 0 Å². The molecule has 1 aliphatic carbocycles. The van der Waals surface area contributed by atoms with Crippen LogP contribution >= 0.6 is 0 Å². The van der Waals surface area contributed by atoms with Crippen molar-refractivity contribution < 1.29 is 5.11 Å². The highest BCUT2D eigenvalue weighted by Gasteiger charge is 2.53. The van der Waals surface area contributed by atoms with E-state index < -0.39 is 5.60 Å². The number of aliphatic hydroxyl groups is 1. The number of hydrogen-bond acceptors (Lipinski definition) is 3. The SMILES string of the molecule is Cc1ccc([C@@]2(O)CC[C@@H]3CN(Cc4c(C)n(C)c5ccc(C)cc45)C[C@@H]32)nc1. The number of aryl methyl sites for hydroxylation is 3. The van der Waals surface area contributed by atoms with Crippen LogP contribution in [-0.2, 0) is 19.2 Å². The molecule has 1 N–H and O–H groups in total. The molecule has 0 amide bonds. The normalized spacial score (nSPS) is 27.1. The predicted molar refractivity (Wildman–Crippen MR) is 117 cm³/mol. The summed E-state index contributed by atoms with van der Waals surface area (Å²) < 4.78 is 2.31. The van der Waals surface area contributed by atoms with Crippen LogP contribution in [0.15, 0.2) is 36.5 Å². The number of benzene rings is 1. The molecule has 3 aromatic rings. The van der Waals surface area contributed by atoms with E-state index in [9.17, 15) is 5.11 Å². The summed E-state index contributed by atoms with van der Waals surface area (Å²) in [6.07, 6.45) is 3.80. The summed E-state index contributed by atoms with van der Waals surface area (Å²) in [6.45, 7) is 9.41. The summed E-state index contributed by atoms with van der Waals surface area (Å²) in [7, 11) is 2.16. The van der Waals surface area contributed by atoms with Crippen molar-refractivity contribution in [1.29, 1.82) is 0 Å². The Morgan fingerprint density at radius 1 is 1.10 bits per heavy atom. The molecule has 2 fully saturated rings. The average molecular weight is 390 g/mol. The van der Waals surface area contributed by atoms with Crippen LogP contribution in [-0.4, -0.2) is 32.6 Å². The first-order chi connectivity index (χ1) is 13.9. The number of likely N-dealkylation sites (tertiary alicyclic amines) is 1. The van der Waals surface area contributed by atoms with Gasteiger partial charge in [-0.1, -0.05) is 17.7 Å². The first-order valence-corrected chi connectivity index (χ1v) is 10.8. The van der Waals surface area contributed by atoms with Crippen LogP contribution in [0.5, 0.6) is 0 Å². The maximum Gasteiger partial charge on any atom is 0.111 e. The molecular formula is C25H31N3O. The number of rotatable bonds is 3. The third-order valence-electron chi connectivity index (χ3n) is 7.54. The molecule has 0 unspecified atom stereocenters. The highest BCUT2D eigenvalue weighted by atomic mass is 16.3. The van der Waals surface area contributed by atoms with E-state index in [1.54, 1.807) is 0 Å². The maximum absolute atomic E-state index is 11.6. The van der Waals surface area contributed by atoms with E-state index in [0.717, 1.165) is 43.7 Å². The van der Waals surface area contributed by atoms with Gasteiger partial charge in [-0.3, -0.25) is 9.88 Å². The minimum atomic E-state index is -0.780. The minimum absolute atomic E-state index is 0.273. The van der Waals surface area contributed by atoms with Crippen LogP contribution < -0.4 is 0 Å². The number of aromatic nitrogens is 2. The molecule has 0 spiro atoms. The lowest BCUT2D eigenvalue weighted by molar-refractivity contribution is -0.0108. The van der Waals surface area contributed by atoms with Crippen molar-refractivity contribution >= 4 is 10.9 Å². The fourth-order valence-corrected chi connectivity index (χ4v) is 5.74. The van der Waals surface area contributed by atoms with Gasteiger partial charge in [-0.2, -0.15) is 0 Å². The molecule has 1 aromatic carbocycles. The third-order valence-corrected chi connectivity index (χ3v) is 7.54. The molecule has 4 nitrogen and oxygen atoms in total. The smallest absolute Gasteiger partial charge is 0.111 e. The summed E-state index contributed by atoms with van der Waals surface area (Å²) in [5.74, 6) is 0.829. The van der Waals surface area contributed by atoms with Gasteiger partial charge in [-0.25, -0.2) is 0 Å². The largest absolute Gasteiger partial charge is 0.383 e. The maximum atomic E-state index is 11.6. The molecule has 152 valence electrons. The van der Waals surface area contributed by atoms with E-state index >= 15 is 0 Å². The molecule has 2 aliphatic rings. The van der Waals surface area contributed by atoms with Crippen molar-refractivity contribution in [3.05, 3.63) is 64.6 Å². The van der Waals surface area contributed by atoms with Crippen LogP contribution in [0, 0.1) is 32.6 Å². The van der Waals surface area contributed by atoms with E-state index in [1.165, 1.54) is 27.7 Å². The third kappa shape index (κ3) is 2.92. The number of hydrogen-bond donors (Lipinski definition) is 1. The second-order valence-corrected chi connectivity index (χ2v) is 9.39. The van der Waals surface area contributed by atoms with Crippen molar-refractivity contribution in [3.8, 4) is 0 Å². The van der Waals surface area contributed by atoms with E-state index in [2.05, 4.69) is 59.6 Å². The molecule has 0 bridgehead atoms. The molecule has 3 atom stereocenters. The van der Waals surface area contributed by atoms with Crippen molar-refractivity contribution in [2.75, 3.05) is 13.1 Å². The number of nitrogens with zero attached hydrogens (tertiary/aromatic N) is 3. The van der Waals surface area contributed by atoms with Crippen molar-refractivity contribution in [1.82, 2.24) is 14.5 Å². The Morgan fingerprint density at radius 3 is 2.66 bits per heavy atom. The number of pyridine rings is 1. The standard InChI is InChI=1S/C25H31N3O/c1-16-5-7-23-20(11-16)21(18(3)27(23)4)14-28-13-19-9-10-25(29,22(19)15-28)24-8-6-17(2)12-26-24/h5-8,11-12,19,22,29H,9-10,13-15H2,1-4H3/t19-,22+,25-/m1/s1. The van der Waals surface area contributed by atoms with Crippen molar-refractivity contribution in [2.24, 2.45) is 18.9 Å². The van der Waals surface area contributed by atoms with Gasteiger partial charge in [0.15, 0.2) is 0 Å². The summed E-state index contributed by atoms with van der Waals surface area (Å²) in [5.41, 5.74) is 6.61. The zero-order chi connectivity index (χ0) is 20.3. The first-order valence-electron chi connectivity index (χ1n) is 10.8. The second kappa shape index (κ2) is 6.68. The fraction of sp³-hybridized carbons (Fsp3) is 0.480. The summed E-state index contributed by atoms with van der Waals surface area (Å²) in [6, 6.07) is 10.9. The number of fused-ring (bicyclic) bond motifs is 2. The summed E-state index contributed by atoms with van der Waals surface area (Å²) in [5, 5.41) is 13.0. The van der Waals surface area contributed by atoms with Gasteiger partial charge in [0.1, 0.15) is 5.60 Å². The second-order valence-electron chi connectivity index (χ2n) is 9.39. The van der Waals surface area contributed by atoms with Crippen molar-refractivity contribution in [2.45, 2.75) is 45.8 Å². The van der Waals surface area contributed by atoms with Gasteiger partial charge in [-0.05, 0) is 68.9 Å².